The summed E-state index contributed by atoms with van der Waals surface area (Å²) in [6.45, 7) is 7.00. The number of ether oxygens (including phenoxy) is 2. The number of rotatable bonds is 10. The minimum absolute atomic E-state index is 0.0598. The van der Waals surface area contributed by atoms with E-state index < -0.39 is 9.84 Å². The van der Waals surface area contributed by atoms with E-state index in [9.17, 15) is 8.42 Å². The fourth-order valence-corrected chi connectivity index (χ4v) is 4.30. The summed E-state index contributed by atoms with van der Waals surface area (Å²) in [7, 11) is -3.79. The van der Waals surface area contributed by atoms with Gasteiger partial charge in [0.15, 0.2) is 0 Å². The van der Waals surface area contributed by atoms with Crippen molar-refractivity contribution in [3.63, 3.8) is 0 Å². The van der Waals surface area contributed by atoms with Gasteiger partial charge in [-0.15, -0.1) is 11.6 Å². The molecular formula is C21H25Cl3O4S. The van der Waals surface area contributed by atoms with Gasteiger partial charge in [0.2, 0.25) is 9.84 Å². The van der Waals surface area contributed by atoms with Crippen LogP contribution >= 0.6 is 34.8 Å². The van der Waals surface area contributed by atoms with Crippen molar-refractivity contribution in [1.29, 1.82) is 0 Å². The summed E-state index contributed by atoms with van der Waals surface area (Å²) >= 11 is 18.2. The number of sulfone groups is 1. The lowest BCUT2D eigenvalue weighted by molar-refractivity contribution is 0.256. The second kappa shape index (κ2) is 10.8. The number of alkyl halides is 1. The Morgan fingerprint density at radius 3 is 1.69 bits per heavy atom. The maximum atomic E-state index is 13.0. The Kier molecular flexibility index (Phi) is 8.95. The van der Waals surface area contributed by atoms with E-state index in [1.807, 2.05) is 6.92 Å². The van der Waals surface area contributed by atoms with Crippen LogP contribution in [0.5, 0.6) is 11.5 Å². The predicted molar refractivity (Wildman–Crippen MR) is 119 cm³/mol. The van der Waals surface area contributed by atoms with Crippen molar-refractivity contribution in [3.8, 4) is 11.5 Å². The molecule has 0 aliphatic heterocycles. The second-order valence-corrected chi connectivity index (χ2v) is 10.2. The molecule has 4 nitrogen and oxygen atoms in total. The van der Waals surface area contributed by atoms with E-state index in [2.05, 4.69) is 13.8 Å². The van der Waals surface area contributed by atoms with Crippen molar-refractivity contribution in [1.82, 2.24) is 0 Å². The molecule has 29 heavy (non-hydrogen) atoms. The van der Waals surface area contributed by atoms with Gasteiger partial charge in [0, 0.05) is 11.8 Å². The average Bonchev–Trinajstić information content (AvgIpc) is 2.71. The number of hydrogen-bond acceptors (Lipinski definition) is 4. The Morgan fingerprint density at radius 1 is 0.862 bits per heavy atom. The minimum Gasteiger partial charge on any atom is -0.492 e. The molecule has 2 aromatic rings. The molecule has 2 rings (SSSR count). The van der Waals surface area contributed by atoms with Crippen LogP contribution in [0, 0.1) is 11.8 Å². The summed E-state index contributed by atoms with van der Waals surface area (Å²) in [5, 5.41) is 0.461. The summed E-state index contributed by atoms with van der Waals surface area (Å²) in [4.78, 5) is 0.128. The molecule has 2 atom stereocenters. The maximum Gasteiger partial charge on any atom is 0.206 e. The largest absolute Gasteiger partial charge is 0.492 e. The van der Waals surface area contributed by atoms with Crippen molar-refractivity contribution in [2.45, 2.75) is 37.0 Å². The van der Waals surface area contributed by atoms with E-state index in [-0.39, 0.29) is 25.8 Å². The summed E-state index contributed by atoms with van der Waals surface area (Å²) in [6, 6.07) is 8.82. The Hall–Kier alpha value is -1.14. The van der Waals surface area contributed by atoms with Crippen molar-refractivity contribution in [2.24, 2.45) is 11.8 Å². The Labute approximate surface area is 188 Å². The highest BCUT2D eigenvalue weighted by Gasteiger charge is 2.21. The molecule has 0 saturated heterocycles. The third-order valence-electron chi connectivity index (χ3n) is 4.43. The fraction of sp³-hybridized carbons (Fsp3) is 0.429. The first kappa shape index (κ1) is 24.1. The molecular weight excluding hydrogens is 455 g/mol. The van der Waals surface area contributed by atoms with Crippen LogP contribution < -0.4 is 9.47 Å². The van der Waals surface area contributed by atoms with Gasteiger partial charge in [0.05, 0.1) is 33.0 Å². The average molecular weight is 480 g/mol. The van der Waals surface area contributed by atoms with E-state index in [0.29, 0.717) is 36.5 Å². The lowest BCUT2D eigenvalue weighted by Gasteiger charge is -2.14. The molecule has 0 radical (unpaired) electrons. The molecule has 0 heterocycles. The van der Waals surface area contributed by atoms with E-state index in [0.717, 1.165) is 6.42 Å². The van der Waals surface area contributed by atoms with Gasteiger partial charge in [-0.05, 0) is 42.3 Å². The quantitative estimate of drug-likeness (QED) is 0.365. The van der Waals surface area contributed by atoms with Crippen molar-refractivity contribution in [3.05, 3.63) is 46.4 Å². The molecule has 0 aromatic heterocycles. The molecule has 8 heteroatoms. The van der Waals surface area contributed by atoms with Gasteiger partial charge in [-0.25, -0.2) is 8.42 Å². The van der Waals surface area contributed by atoms with Crippen LogP contribution in [0.1, 0.15) is 27.2 Å². The standard InChI is InChI=1S/C21H25Cl3O4S/c1-4-14(2)12-27-20-7-5-16(9-18(20)23)29(25,26)17-6-8-21(19(24)10-17)28-13-15(3)11-22/h5-10,14-15H,4,11-13H2,1-3H3/t14-,15+/m1/s1. The summed E-state index contributed by atoms with van der Waals surface area (Å²) in [5.41, 5.74) is 0. The molecule has 160 valence electrons. The lowest BCUT2D eigenvalue weighted by atomic mass is 10.1. The van der Waals surface area contributed by atoms with Crippen LogP contribution in [0.3, 0.4) is 0 Å². The minimum atomic E-state index is -3.79. The van der Waals surface area contributed by atoms with Gasteiger partial charge >= 0.3 is 0 Å². The van der Waals surface area contributed by atoms with Crippen LogP contribution in [0.25, 0.3) is 0 Å². The molecule has 0 bridgehead atoms. The van der Waals surface area contributed by atoms with E-state index in [1.165, 1.54) is 24.3 Å². The highest BCUT2D eigenvalue weighted by atomic mass is 35.5. The number of hydrogen-bond donors (Lipinski definition) is 0. The monoisotopic (exact) mass is 478 g/mol. The van der Waals surface area contributed by atoms with Crippen molar-refractivity contribution < 1.29 is 17.9 Å². The highest BCUT2D eigenvalue weighted by Crippen LogP contribution is 2.33. The second-order valence-electron chi connectivity index (χ2n) is 7.08. The number of halogens is 3. The van der Waals surface area contributed by atoms with E-state index >= 15 is 0 Å². The first-order valence-corrected chi connectivity index (χ1v) is 12.1. The van der Waals surface area contributed by atoms with Crippen LogP contribution in [-0.4, -0.2) is 27.5 Å². The molecule has 0 spiro atoms. The predicted octanol–water partition coefficient (Wildman–Crippen LogP) is 6.50. The normalized spacial score (nSPS) is 13.7. The van der Waals surface area contributed by atoms with Gasteiger partial charge in [-0.1, -0.05) is 50.4 Å². The van der Waals surface area contributed by atoms with Gasteiger partial charge in [-0.3, -0.25) is 0 Å². The Morgan fingerprint density at radius 2 is 1.31 bits per heavy atom. The Bertz CT molecular complexity index is 862. The smallest absolute Gasteiger partial charge is 0.206 e. The van der Waals surface area contributed by atoms with Crippen molar-refractivity contribution in [2.75, 3.05) is 19.1 Å². The molecule has 0 fully saturated rings. The molecule has 0 aliphatic rings. The van der Waals surface area contributed by atoms with Gasteiger partial charge in [0.1, 0.15) is 11.5 Å². The summed E-state index contributed by atoms with van der Waals surface area (Å²) in [6.07, 6.45) is 0.981. The van der Waals surface area contributed by atoms with E-state index in [1.54, 1.807) is 12.1 Å². The van der Waals surface area contributed by atoms with E-state index in [4.69, 9.17) is 44.3 Å². The molecule has 0 N–H and O–H groups in total. The van der Waals surface area contributed by atoms with Crippen LogP contribution in [0.2, 0.25) is 10.0 Å². The third-order valence-corrected chi connectivity index (χ3v) is 7.30. The zero-order chi connectivity index (χ0) is 21.6. The highest BCUT2D eigenvalue weighted by molar-refractivity contribution is 7.91. The van der Waals surface area contributed by atoms with Gasteiger partial charge in [-0.2, -0.15) is 0 Å². The summed E-state index contributed by atoms with van der Waals surface area (Å²) < 4.78 is 37.2. The molecule has 0 unspecified atom stereocenters. The Balaban J connectivity index is 2.21. The topological polar surface area (TPSA) is 52.6 Å². The lowest BCUT2D eigenvalue weighted by Crippen LogP contribution is -2.10. The first-order valence-electron chi connectivity index (χ1n) is 9.34. The number of benzene rings is 2. The molecule has 2 aromatic carbocycles. The zero-order valence-corrected chi connectivity index (χ0v) is 19.7. The first-order chi connectivity index (χ1) is 13.7. The molecule has 0 amide bonds. The van der Waals surface area contributed by atoms with Crippen LogP contribution in [0.15, 0.2) is 46.2 Å². The van der Waals surface area contributed by atoms with Gasteiger partial charge in [0.25, 0.3) is 0 Å². The third kappa shape index (κ3) is 6.42. The molecule has 0 saturated carbocycles. The van der Waals surface area contributed by atoms with Crippen LogP contribution in [-0.2, 0) is 9.84 Å². The zero-order valence-electron chi connectivity index (χ0n) is 16.6. The van der Waals surface area contributed by atoms with Crippen molar-refractivity contribution >= 4 is 44.6 Å². The van der Waals surface area contributed by atoms with Crippen LogP contribution in [0.4, 0.5) is 0 Å². The van der Waals surface area contributed by atoms with Gasteiger partial charge < -0.3 is 9.47 Å². The SMILES string of the molecule is CC[C@@H](C)COc1ccc(S(=O)(=O)c2ccc(OC[C@@H](C)CCl)c(Cl)c2)cc1Cl. The maximum absolute atomic E-state index is 13.0. The summed E-state index contributed by atoms with van der Waals surface area (Å²) in [5.74, 6) is 1.86. The molecule has 0 aliphatic carbocycles. The fourth-order valence-electron chi connectivity index (χ4n) is 2.29.